The molecule has 0 saturated heterocycles. The van der Waals surface area contributed by atoms with E-state index >= 15 is 0 Å². The number of nitrogens with zero attached hydrogens (tertiary/aromatic N) is 1. The van der Waals surface area contributed by atoms with Gasteiger partial charge in [0, 0.05) is 6.42 Å². The number of esters is 1. The number of hydrogen-bond acceptors (Lipinski definition) is 5. The van der Waals surface area contributed by atoms with E-state index in [2.05, 4.69) is 4.74 Å². The normalized spacial score (nSPS) is 12.0. The fraction of sp³-hybridized carbons (Fsp3) is 0.294. The van der Waals surface area contributed by atoms with Crippen molar-refractivity contribution < 1.29 is 19.2 Å². The summed E-state index contributed by atoms with van der Waals surface area (Å²) in [5, 5.41) is 3.20. The summed E-state index contributed by atoms with van der Waals surface area (Å²) in [6.07, 6.45) is 0.275. The first-order chi connectivity index (χ1) is 11.1. The van der Waals surface area contributed by atoms with Crippen LogP contribution in [-0.4, -0.2) is 32.1 Å². The van der Waals surface area contributed by atoms with Gasteiger partial charge in [-0.25, -0.2) is 0 Å². The molecule has 2 aromatic carbocycles. The lowest BCUT2D eigenvalue weighted by atomic mass is 10.1. The largest absolute Gasteiger partial charge is 0.469 e. The summed E-state index contributed by atoms with van der Waals surface area (Å²) in [4.78, 5) is 28.8. The molecule has 6 heteroatoms. The number of fused-ring (bicyclic) bond motifs is 1. The van der Waals surface area contributed by atoms with Crippen molar-refractivity contribution in [2.24, 2.45) is 5.73 Å². The van der Waals surface area contributed by atoms with Crippen LogP contribution >= 0.6 is 0 Å². The fourth-order valence-corrected chi connectivity index (χ4v) is 2.28. The maximum absolute atomic E-state index is 12.4. The number of hydrogen-bond donors (Lipinski definition) is 1. The SMILES string of the molecule is COC(=O)CCC(N)C(=O)N(OC)c1ccc2ccccc2c1. The molecular formula is C17H20N2O4. The van der Waals surface area contributed by atoms with Crippen LogP contribution in [0, 0.1) is 0 Å². The summed E-state index contributed by atoms with van der Waals surface area (Å²) >= 11 is 0. The van der Waals surface area contributed by atoms with Crippen molar-refractivity contribution in [1.29, 1.82) is 0 Å². The van der Waals surface area contributed by atoms with Gasteiger partial charge < -0.3 is 10.5 Å². The summed E-state index contributed by atoms with van der Waals surface area (Å²) in [6, 6.07) is 12.5. The number of anilines is 1. The van der Waals surface area contributed by atoms with E-state index in [-0.39, 0.29) is 12.8 Å². The number of hydroxylamine groups is 1. The molecule has 1 amide bonds. The van der Waals surface area contributed by atoms with Crippen LogP contribution in [0.15, 0.2) is 42.5 Å². The topological polar surface area (TPSA) is 81.9 Å². The van der Waals surface area contributed by atoms with Crippen LogP contribution in [0.3, 0.4) is 0 Å². The first-order valence-corrected chi connectivity index (χ1v) is 7.26. The van der Waals surface area contributed by atoms with Gasteiger partial charge in [0.15, 0.2) is 0 Å². The van der Waals surface area contributed by atoms with Gasteiger partial charge in [0.05, 0.1) is 25.9 Å². The van der Waals surface area contributed by atoms with E-state index < -0.39 is 17.9 Å². The van der Waals surface area contributed by atoms with Crippen molar-refractivity contribution >= 4 is 28.3 Å². The van der Waals surface area contributed by atoms with E-state index in [1.807, 2.05) is 36.4 Å². The quantitative estimate of drug-likeness (QED) is 0.651. The maximum atomic E-state index is 12.4. The van der Waals surface area contributed by atoms with E-state index in [4.69, 9.17) is 10.6 Å². The van der Waals surface area contributed by atoms with E-state index in [1.165, 1.54) is 14.2 Å². The molecule has 0 aliphatic rings. The molecular weight excluding hydrogens is 296 g/mol. The number of ether oxygens (including phenoxy) is 1. The minimum absolute atomic E-state index is 0.0820. The summed E-state index contributed by atoms with van der Waals surface area (Å²) in [5.74, 6) is -0.811. The van der Waals surface area contributed by atoms with Gasteiger partial charge in [-0.05, 0) is 29.3 Å². The van der Waals surface area contributed by atoms with Crippen molar-refractivity contribution in [3.05, 3.63) is 42.5 Å². The molecule has 2 aromatic rings. The molecule has 122 valence electrons. The van der Waals surface area contributed by atoms with Gasteiger partial charge >= 0.3 is 5.97 Å². The van der Waals surface area contributed by atoms with Gasteiger partial charge in [0.2, 0.25) is 0 Å². The molecule has 0 saturated carbocycles. The first-order valence-electron chi connectivity index (χ1n) is 7.26. The number of nitrogens with two attached hydrogens (primary N) is 1. The van der Waals surface area contributed by atoms with Crippen LogP contribution in [0.1, 0.15) is 12.8 Å². The lowest BCUT2D eigenvalue weighted by Gasteiger charge is -2.23. The third-order valence-electron chi connectivity index (χ3n) is 3.55. The van der Waals surface area contributed by atoms with Crippen LogP contribution in [0.25, 0.3) is 10.8 Å². The van der Waals surface area contributed by atoms with Crippen molar-refractivity contribution in [1.82, 2.24) is 0 Å². The molecule has 0 radical (unpaired) electrons. The Labute approximate surface area is 134 Å². The monoisotopic (exact) mass is 316 g/mol. The zero-order valence-electron chi connectivity index (χ0n) is 13.2. The second-order valence-electron chi connectivity index (χ2n) is 5.07. The third-order valence-corrected chi connectivity index (χ3v) is 3.55. The molecule has 0 bridgehead atoms. The summed E-state index contributed by atoms with van der Waals surface area (Å²) < 4.78 is 4.55. The smallest absolute Gasteiger partial charge is 0.305 e. The molecule has 0 aromatic heterocycles. The Morgan fingerprint density at radius 1 is 1.13 bits per heavy atom. The van der Waals surface area contributed by atoms with Gasteiger partial charge in [0.1, 0.15) is 0 Å². The van der Waals surface area contributed by atoms with E-state index in [0.717, 1.165) is 15.8 Å². The molecule has 2 rings (SSSR count). The number of benzene rings is 2. The van der Waals surface area contributed by atoms with E-state index in [0.29, 0.717) is 5.69 Å². The molecule has 0 aliphatic heterocycles. The second-order valence-corrected chi connectivity index (χ2v) is 5.07. The second kappa shape index (κ2) is 7.71. The maximum Gasteiger partial charge on any atom is 0.305 e. The Bertz CT molecular complexity index is 702. The van der Waals surface area contributed by atoms with Gasteiger partial charge in [-0.1, -0.05) is 30.3 Å². The molecule has 0 heterocycles. The zero-order chi connectivity index (χ0) is 16.8. The lowest BCUT2D eigenvalue weighted by molar-refractivity contribution is -0.140. The van der Waals surface area contributed by atoms with Gasteiger partial charge in [-0.2, -0.15) is 5.06 Å². The Balaban J connectivity index is 2.16. The van der Waals surface area contributed by atoms with Crippen LogP contribution < -0.4 is 10.8 Å². The highest BCUT2D eigenvalue weighted by Crippen LogP contribution is 2.23. The van der Waals surface area contributed by atoms with E-state index in [1.54, 1.807) is 6.07 Å². The molecule has 1 unspecified atom stereocenters. The predicted octanol–water partition coefficient (Wildman–Crippen LogP) is 2.01. The zero-order valence-corrected chi connectivity index (χ0v) is 13.2. The molecule has 6 nitrogen and oxygen atoms in total. The van der Waals surface area contributed by atoms with Crippen molar-refractivity contribution in [2.75, 3.05) is 19.3 Å². The van der Waals surface area contributed by atoms with Crippen molar-refractivity contribution in [2.45, 2.75) is 18.9 Å². The van der Waals surface area contributed by atoms with Crippen LogP contribution in [0.5, 0.6) is 0 Å². The van der Waals surface area contributed by atoms with Gasteiger partial charge in [-0.3, -0.25) is 14.4 Å². The van der Waals surface area contributed by atoms with Crippen LogP contribution in [-0.2, 0) is 19.2 Å². The minimum atomic E-state index is -0.847. The van der Waals surface area contributed by atoms with Gasteiger partial charge in [-0.15, -0.1) is 0 Å². The third kappa shape index (κ3) is 4.06. The molecule has 23 heavy (non-hydrogen) atoms. The lowest BCUT2D eigenvalue weighted by Crippen LogP contribution is -2.43. The number of carbonyl (C=O) groups excluding carboxylic acids is 2. The van der Waals surface area contributed by atoms with Crippen molar-refractivity contribution in [3.63, 3.8) is 0 Å². The number of carbonyl (C=O) groups is 2. The number of methoxy groups -OCH3 is 1. The fourth-order valence-electron chi connectivity index (χ4n) is 2.28. The summed E-state index contributed by atoms with van der Waals surface area (Å²) in [7, 11) is 2.70. The average Bonchev–Trinajstić information content (AvgIpc) is 2.59. The van der Waals surface area contributed by atoms with Gasteiger partial charge in [0.25, 0.3) is 5.91 Å². The highest BCUT2D eigenvalue weighted by molar-refractivity contribution is 5.97. The minimum Gasteiger partial charge on any atom is -0.469 e. The highest BCUT2D eigenvalue weighted by Gasteiger charge is 2.23. The molecule has 0 aliphatic carbocycles. The number of rotatable bonds is 6. The Morgan fingerprint density at radius 2 is 1.83 bits per heavy atom. The Morgan fingerprint density at radius 3 is 2.48 bits per heavy atom. The Hall–Kier alpha value is -2.44. The predicted molar refractivity (Wildman–Crippen MR) is 87.7 cm³/mol. The number of amides is 1. The molecule has 0 fully saturated rings. The Kier molecular flexibility index (Phi) is 5.67. The summed E-state index contributed by atoms with van der Waals surface area (Å²) in [5.41, 5.74) is 6.46. The molecule has 1 atom stereocenters. The summed E-state index contributed by atoms with van der Waals surface area (Å²) in [6.45, 7) is 0. The van der Waals surface area contributed by atoms with Crippen molar-refractivity contribution in [3.8, 4) is 0 Å². The average molecular weight is 316 g/mol. The van der Waals surface area contributed by atoms with Crippen LogP contribution in [0.4, 0.5) is 5.69 Å². The first kappa shape index (κ1) is 16.9. The molecule has 0 spiro atoms. The van der Waals surface area contributed by atoms with E-state index in [9.17, 15) is 9.59 Å². The standard InChI is InChI=1S/C17H20N2O4/c1-22-16(20)10-9-15(18)17(21)19(23-2)14-8-7-12-5-3-4-6-13(12)11-14/h3-8,11,15H,9-10,18H2,1-2H3. The highest BCUT2D eigenvalue weighted by atomic mass is 16.7. The van der Waals surface area contributed by atoms with Crippen LogP contribution in [0.2, 0.25) is 0 Å². The molecule has 2 N–H and O–H groups in total.